The molecule has 1 saturated carbocycles. The van der Waals surface area contributed by atoms with Crippen LogP contribution in [0.3, 0.4) is 0 Å². The largest absolute Gasteiger partial charge is 0.493 e. The Labute approximate surface area is 204 Å². The molecule has 0 radical (unpaired) electrons. The molecule has 2 aromatic carbocycles. The second kappa shape index (κ2) is 10.0. The molecule has 0 saturated heterocycles. The summed E-state index contributed by atoms with van der Waals surface area (Å²) in [5, 5.41) is 0. The highest BCUT2D eigenvalue weighted by Crippen LogP contribution is 2.36. The summed E-state index contributed by atoms with van der Waals surface area (Å²) in [6, 6.07) is 17.3. The fraction of sp³-hybridized carbons (Fsp3) is 0.250. The smallest absolute Gasteiger partial charge is 0.339 e. The molecule has 1 aliphatic carbocycles. The van der Waals surface area contributed by atoms with Crippen LogP contribution in [-0.4, -0.2) is 40.8 Å². The Kier molecular flexibility index (Phi) is 6.48. The van der Waals surface area contributed by atoms with Crippen molar-refractivity contribution in [1.29, 1.82) is 0 Å². The van der Waals surface area contributed by atoms with Gasteiger partial charge in [-0.15, -0.1) is 0 Å². The lowest BCUT2D eigenvalue weighted by Gasteiger charge is -2.18. The van der Waals surface area contributed by atoms with Crippen molar-refractivity contribution in [2.24, 2.45) is 0 Å². The predicted molar refractivity (Wildman–Crippen MR) is 135 cm³/mol. The molecular formula is C28H27N3O4. The first kappa shape index (κ1) is 22.7. The Balaban J connectivity index is 1.55. The Morgan fingerprint density at radius 1 is 1.00 bits per heavy atom. The van der Waals surface area contributed by atoms with Gasteiger partial charge in [0, 0.05) is 11.8 Å². The van der Waals surface area contributed by atoms with Crippen molar-refractivity contribution in [3.8, 4) is 17.3 Å². The molecule has 1 aliphatic rings. The number of hydrogen-bond donors (Lipinski definition) is 0. The number of ether oxygens (including phenoxy) is 3. The number of fused-ring (bicyclic) bond motifs is 1. The van der Waals surface area contributed by atoms with E-state index in [0.717, 1.165) is 35.2 Å². The minimum Gasteiger partial charge on any atom is -0.493 e. The Morgan fingerprint density at radius 3 is 2.57 bits per heavy atom. The van der Waals surface area contributed by atoms with Crippen LogP contribution >= 0.6 is 0 Å². The zero-order valence-electron chi connectivity index (χ0n) is 19.8. The van der Waals surface area contributed by atoms with E-state index in [1.54, 1.807) is 19.2 Å². The Morgan fingerprint density at radius 2 is 1.83 bits per heavy atom. The van der Waals surface area contributed by atoms with Gasteiger partial charge in [-0.2, -0.15) is 0 Å². The highest BCUT2D eigenvalue weighted by Gasteiger charge is 2.20. The van der Waals surface area contributed by atoms with Gasteiger partial charge in [-0.05, 0) is 68.2 Å². The third-order valence-electron chi connectivity index (χ3n) is 6.21. The van der Waals surface area contributed by atoms with Crippen LogP contribution in [0, 0.1) is 0 Å². The quantitative estimate of drug-likeness (QED) is 0.323. The van der Waals surface area contributed by atoms with Crippen LogP contribution in [0.15, 0.2) is 60.8 Å². The van der Waals surface area contributed by atoms with Gasteiger partial charge in [-0.25, -0.2) is 14.8 Å². The Bertz CT molecular complexity index is 1370. The van der Waals surface area contributed by atoms with E-state index in [1.165, 1.54) is 26.1 Å². The number of esters is 1. The maximum atomic E-state index is 11.8. The number of imidazole rings is 1. The number of carbonyl (C=O) groups is 1. The van der Waals surface area contributed by atoms with Gasteiger partial charge in [-0.3, -0.25) is 4.57 Å². The third kappa shape index (κ3) is 4.62. The predicted octanol–water partition coefficient (Wildman–Crippen LogP) is 5.71. The van der Waals surface area contributed by atoms with Crippen LogP contribution in [0.25, 0.3) is 29.0 Å². The van der Waals surface area contributed by atoms with E-state index in [0.29, 0.717) is 23.0 Å². The van der Waals surface area contributed by atoms with E-state index in [9.17, 15) is 4.79 Å². The maximum absolute atomic E-state index is 11.8. The average Bonchev–Trinajstić information content (AvgIpc) is 3.55. The normalized spacial score (nSPS) is 14.0. The molecular weight excluding hydrogens is 442 g/mol. The SMILES string of the molecule is COC(=O)c1ccc(-n2c(C=Cc3cccc(OC)c3OC3CCCC3)nc3ccccc32)nc1. The standard InChI is InChI=1S/C28H27N3O4/c1-33-24-13-7-8-19(27(24)35-21-9-3-4-10-21)14-17-26-30-22-11-5-6-12-23(22)31(26)25-16-15-20(18-29-25)28(32)34-2/h5-8,11-18,21H,3-4,9-10H2,1-2H3. The molecule has 4 aromatic rings. The summed E-state index contributed by atoms with van der Waals surface area (Å²) in [7, 11) is 3.01. The molecule has 0 N–H and O–H groups in total. The van der Waals surface area contributed by atoms with Crippen molar-refractivity contribution in [1.82, 2.24) is 14.5 Å². The second-order valence-corrected chi connectivity index (χ2v) is 8.43. The fourth-order valence-corrected chi connectivity index (χ4v) is 4.44. The maximum Gasteiger partial charge on any atom is 0.339 e. The molecule has 0 spiro atoms. The minimum absolute atomic E-state index is 0.209. The van der Waals surface area contributed by atoms with Gasteiger partial charge >= 0.3 is 5.97 Å². The van der Waals surface area contributed by atoms with Gasteiger partial charge in [-0.1, -0.05) is 24.3 Å². The summed E-state index contributed by atoms with van der Waals surface area (Å²) < 4.78 is 18.7. The van der Waals surface area contributed by atoms with E-state index >= 15 is 0 Å². The number of benzene rings is 2. The topological polar surface area (TPSA) is 75.5 Å². The monoisotopic (exact) mass is 469 g/mol. The summed E-state index contributed by atoms with van der Waals surface area (Å²) in [6.07, 6.45) is 10.2. The van der Waals surface area contributed by atoms with Gasteiger partial charge < -0.3 is 14.2 Å². The average molecular weight is 470 g/mol. The summed E-state index contributed by atoms with van der Waals surface area (Å²) in [5.74, 6) is 2.40. The van der Waals surface area contributed by atoms with E-state index in [4.69, 9.17) is 19.2 Å². The zero-order valence-corrected chi connectivity index (χ0v) is 19.8. The van der Waals surface area contributed by atoms with E-state index in [1.807, 2.05) is 59.2 Å². The van der Waals surface area contributed by atoms with Crippen molar-refractivity contribution in [2.75, 3.05) is 14.2 Å². The first-order valence-corrected chi connectivity index (χ1v) is 11.7. The van der Waals surface area contributed by atoms with Gasteiger partial charge in [0.1, 0.15) is 11.6 Å². The molecule has 2 heterocycles. The van der Waals surface area contributed by atoms with Crippen LogP contribution in [0.5, 0.6) is 11.5 Å². The molecule has 2 aromatic heterocycles. The van der Waals surface area contributed by atoms with E-state index in [-0.39, 0.29) is 6.10 Å². The summed E-state index contributed by atoms with van der Waals surface area (Å²) in [4.78, 5) is 21.2. The van der Waals surface area contributed by atoms with Crippen molar-refractivity contribution in [3.05, 3.63) is 77.7 Å². The van der Waals surface area contributed by atoms with Crippen molar-refractivity contribution < 1.29 is 19.0 Å². The van der Waals surface area contributed by atoms with Crippen molar-refractivity contribution >= 4 is 29.2 Å². The van der Waals surface area contributed by atoms with E-state index < -0.39 is 5.97 Å². The fourth-order valence-electron chi connectivity index (χ4n) is 4.44. The number of rotatable bonds is 7. The highest BCUT2D eigenvalue weighted by atomic mass is 16.5. The molecule has 0 bridgehead atoms. The Hall–Kier alpha value is -4.13. The number of aromatic nitrogens is 3. The van der Waals surface area contributed by atoms with Crippen LogP contribution in [-0.2, 0) is 4.74 Å². The number of methoxy groups -OCH3 is 2. The molecule has 1 fully saturated rings. The van der Waals surface area contributed by atoms with Gasteiger partial charge in [0.05, 0.1) is 36.9 Å². The first-order valence-electron chi connectivity index (χ1n) is 11.7. The molecule has 7 heteroatoms. The van der Waals surface area contributed by atoms with Crippen LogP contribution in [0.1, 0.15) is 47.4 Å². The van der Waals surface area contributed by atoms with Crippen molar-refractivity contribution in [2.45, 2.75) is 31.8 Å². The lowest BCUT2D eigenvalue weighted by Crippen LogP contribution is -2.12. The number of carbonyl (C=O) groups excluding carboxylic acids is 1. The molecule has 7 nitrogen and oxygen atoms in total. The number of pyridine rings is 1. The zero-order chi connectivity index (χ0) is 24.2. The number of para-hydroxylation sites is 3. The van der Waals surface area contributed by atoms with Crippen LogP contribution in [0.2, 0.25) is 0 Å². The molecule has 178 valence electrons. The summed E-state index contributed by atoms with van der Waals surface area (Å²) in [6.45, 7) is 0. The minimum atomic E-state index is -0.424. The molecule has 0 unspecified atom stereocenters. The number of hydrogen-bond acceptors (Lipinski definition) is 6. The van der Waals surface area contributed by atoms with Gasteiger partial charge in [0.2, 0.25) is 0 Å². The molecule has 0 atom stereocenters. The first-order chi connectivity index (χ1) is 17.2. The molecule has 5 rings (SSSR count). The third-order valence-corrected chi connectivity index (χ3v) is 6.21. The van der Waals surface area contributed by atoms with Crippen molar-refractivity contribution in [3.63, 3.8) is 0 Å². The van der Waals surface area contributed by atoms with Gasteiger partial charge in [0.15, 0.2) is 11.5 Å². The number of nitrogens with zero attached hydrogens (tertiary/aromatic N) is 3. The molecule has 0 amide bonds. The second-order valence-electron chi connectivity index (χ2n) is 8.43. The molecule has 0 aliphatic heterocycles. The van der Waals surface area contributed by atoms with Gasteiger partial charge in [0.25, 0.3) is 0 Å². The summed E-state index contributed by atoms with van der Waals surface area (Å²) >= 11 is 0. The summed E-state index contributed by atoms with van der Waals surface area (Å²) in [5.41, 5.74) is 3.07. The van der Waals surface area contributed by atoms with Crippen LogP contribution in [0.4, 0.5) is 0 Å². The van der Waals surface area contributed by atoms with Crippen LogP contribution < -0.4 is 9.47 Å². The highest BCUT2D eigenvalue weighted by molar-refractivity contribution is 5.89. The van der Waals surface area contributed by atoms with E-state index in [2.05, 4.69) is 4.98 Å². The lowest BCUT2D eigenvalue weighted by molar-refractivity contribution is 0.0600. The molecule has 35 heavy (non-hydrogen) atoms. The lowest BCUT2D eigenvalue weighted by atomic mass is 10.1.